The molecule has 1 saturated heterocycles. The zero-order valence-electron chi connectivity index (χ0n) is 17.9. The molecule has 32 heavy (non-hydrogen) atoms. The third kappa shape index (κ3) is 4.31. The lowest BCUT2D eigenvalue weighted by atomic mass is 9.92. The van der Waals surface area contributed by atoms with Crippen molar-refractivity contribution >= 4 is 37.5 Å². The summed E-state index contributed by atoms with van der Waals surface area (Å²) in [4.78, 5) is 17.6. The molecule has 168 valence electrons. The number of carbonyl (C=O) groups is 1. The summed E-state index contributed by atoms with van der Waals surface area (Å²) < 4.78 is 29.0. The largest absolute Gasteiger partial charge is 0.349 e. The van der Waals surface area contributed by atoms with E-state index in [9.17, 15) is 13.2 Å². The van der Waals surface area contributed by atoms with Crippen LogP contribution in [0, 0.1) is 5.92 Å². The van der Waals surface area contributed by atoms with Crippen molar-refractivity contribution in [3.05, 3.63) is 58.6 Å². The molecule has 0 unspecified atom stereocenters. The van der Waals surface area contributed by atoms with Crippen molar-refractivity contribution in [2.45, 2.75) is 50.0 Å². The van der Waals surface area contributed by atoms with Gasteiger partial charge in [0.25, 0.3) is 0 Å². The number of carbonyl (C=O) groups excluding carboxylic acids is 1. The summed E-state index contributed by atoms with van der Waals surface area (Å²) in [5.74, 6) is -0.186. The zero-order chi connectivity index (χ0) is 22.1. The molecule has 1 aliphatic heterocycles. The number of nitrogens with zero attached hydrogens (tertiary/aromatic N) is 2. The molecule has 1 N–H and O–H groups in total. The van der Waals surface area contributed by atoms with Crippen LogP contribution >= 0.6 is 11.3 Å². The molecule has 0 radical (unpaired) electrons. The molecule has 2 aromatic carbocycles. The first-order valence-electron chi connectivity index (χ1n) is 11.2. The molecule has 0 bridgehead atoms. The molecule has 1 amide bonds. The Morgan fingerprint density at radius 2 is 1.81 bits per heavy atom. The van der Waals surface area contributed by atoms with E-state index in [4.69, 9.17) is 0 Å². The summed E-state index contributed by atoms with van der Waals surface area (Å²) in [6.45, 7) is 1.16. The summed E-state index contributed by atoms with van der Waals surface area (Å²) in [7, 11) is -3.52. The summed E-state index contributed by atoms with van der Waals surface area (Å²) in [5, 5.41) is 3.87. The van der Waals surface area contributed by atoms with Gasteiger partial charge in [-0.05, 0) is 73.9 Å². The summed E-state index contributed by atoms with van der Waals surface area (Å²) in [5.41, 5.74) is 3.39. The number of amides is 1. The van der Waals surface area contributed by atoms with Crippen molar-refractivity contribution in [3.63, 3.8) is 0 Å². The van der Waals surface area contributed by atoms with E-state index in [0.717, 1.165) is 34.5 Å². The Labute approximate surface area is 192 Å². The van der Waals surface area contributed by atoms with Crippen molar-refractivity contribution in [1.29, 1.82) is 0 Å². The Hall–Kier alpha value is -2.29. The molecule has 1 aromatic heterocycles. The highest BCUT2D eigenvalue weighted by atomic mass is 32.2. The summed E-state index contributed by atoms with van der Waals surface area (Å²) >= 11 is 1.58. The van der Waals surface area contributed by atoms with Gasteiger partial charge in [-0.1, -0.05) is 18.2 Å². The van der Waals surface area contributed by atoms with Crippen molar-refractivity contribution < 1.29 is 13.2 Å². The minimum atomic E-state index is -3.52. The van der Waals surface area contributed by atoms with E-state index in [1.54, 1.807) is 17.4 Å². The van der Waals surface area contributed by atoms with Crippen molar-refractivity contribution in [3.8, 4) is 0 Å². The van der Waals surface area contributed by atoms with Gasteiger partial charge in [0.15, 0.2) is 0 Å². The lowest BCUT2D eigenvalue weighted by Crippen LogP contribution is -2.42. The number of sulfonamides is 1. The van der Waals surface area contributed by atoms with Crippen molar-refractivity contribution in [2.24, 2.45) is 5.92 Å². The maximum absolute atomic E-state index is 13.2. The molecule has 8 heteroatoms. The first-order valence-corrected chi connectivity index (χ1v) is 13.5. The van der Waals surface area contributed by atoms with Crippen LogP contribution < -0.4 is 5.32 Å². The average molecular weight is 470 g/mol. The van der Waals surface area contributed by atoms with Crippen LogP contribution in [0.15, 0.2) is 47.4 Å². The van der Waals surface area contributed by atoms with E-state index in [1.807, 2.05) is 36.4 Å². The minimum absolute atomic E-state index is 0.0184. The lowest BCUT2D eigenvalue weighted by molar-refractivity contribution is -0.126. The van der Waals surface area contributed by atoms with Crippen LogP contribution in [0.5, 0.6) is 0 Å². The zero-order valence-corrected chi connectivity index (χ0v) is 19.6. The third-order valence-electron chi connectivity index (χ3n) is 6.53. The normalized spacial score (nSPS) is 17.9. The van der Waals surface area contributed by atoms with Crippen LogP contribution in [0.2, 0.25) is 0 Å². The Kier molecular flexibility index (Phi) is 6.01. The number of nitrogens with one attached hydrogen (secondary N) is 1. The van der Waals surface area contributed by atoms with Crippen LogP contribution in [0.1, 0.15) is 41.8 Å². The minimum Gasteiger partial charge on any atom is -0.349 e. The van der Waals surface area contributed by atoms with Gasteiger partial charge >= 0.3 is 0 Å². The molecule has 1 aliphatic carbocycles. The van der Waals surface area contributed by atoms with Gasteiger partial charge in [-0.25, -0.2) is 13.4 Å². The number of hydrogen-bond donors (Lipinski definition) is 1. The second kappa shape index (κ2) is 8.92. The molecule has 2 heterocycles. The SMILES string of the molecule is O=C(NCc1nc2ccccc2s1)C1CCN(S(=O)(=O)c2ccc3c(c2)CCCC3)CC1. The van der Waals surface area contributed by atoms with E-state index in [2.05, 4.69) is 10.3 Å². The second-order valence-electron chi connectivity index (χ2n) is 8.61. The van der Waals surface area contributed by atoms with E-state index >= 15 is 0 Å². The molecular weight excluding hydrogens is 442 g/mol. The van der Waals surface area contributed by atoms with E-state index in [-0.39, 0.29) is 11.8 Å². The van der Waals surface area contributed by atoms with Crippen molar-refractivity contribution in [2.75, 3.05) is 13.1 Å². The van der Waals surface area contributed by atoms with Gasteiger partial charge in [0, 0.05) is 19.0 Å². The Morgan fingerprint density at radius 1 is 1.06 bits per heavy atom. The third-order valence-corrected chi connectivity index (χ3v) is 9.47. The van der Waals surface area contributed by atoms with Crippen LogP contribution in [-0.4, -0.2) is 36.7 Å². The highest BCUT2D eigenvalue weighted by molar-refractivity contribution is 7.89. The smallest absolute Gasteiger partial charge is 0.243 e. The number of aromatic nitrogens is 1. The van der Waals surface area contributed by atoms with Gasteiger partial charge in [0.1, 0.15) is 5.01 Å². The molecule has 0 saturated carbocycles. The fourth-order valence-electron chi connectivity index (χ4n) is 4.68. The fourth-order valence-corrected chi connectivity index (χ4v) is 7.11. The van der Waals surface area contributed by atoms with Gasteiger partial charge in [-0.15, -0.1) is 11.3 Å². The molecular formula is C24H27N3O3S2. The van der Waals surface area contributed by atoms with Gasteiger partial charge in [-0.2, -0.15) is 4.31 Å². The molecule has 1 fully saturated rings. The van der Waals surface area contributed by atoms with Crippen molar-refractivity contribution in [1.82, 2.24) is 14.6 Å². The maximum Gasteiger partial charge on any atom is 0.243 e. The topological polar surface area (TPSA) is 79.4 Å². The fraction of sp³-hybridized carbons (Fsp3) is 0.417. The summed E-state index contributed by atoms with van der Waals surface area (Å²) in [6, 6.07) is 13.5. The monoisotopic (exact) mass is 469 g/mol. The van der Waals surface area contributed by atoms with Crippen LogP contribution in [0.4, 0.5) is 0 Å². The quantitative estimate of drug-likeness (QED) is 0.615. The number of hydrogen-bond acceptors (Lipinski definition) is 5. The first-order chi connectivity index (χ1) is 15.5. The second-order valence-corrected chi connectivity index (χ2v) is 11.7. The van der Waals surface area contributed by atoms with Crippen LogP contribution in [0.25, 0.3) is 10.2 Å². The van der Waals surface area contributed by atoms with Crippen LogP contribution in [0.3, 0.4) is 0 Å². The average Bonchev–Trinajstić information content (AvgIpc) is 3.25. The number of thiazole rings is 1. The molecule has 5 rings (SSSR count). The molecule has 3 aromatic rings. The number of piperidine rings is 1. The summed E-state index contributed by atoms with van der Waals surface area (Å²) in [6.07, 6.45) is 5.36. The number of para-hydroxylation sites is 1. The van der Waals surface area contributed by atoms with Crippen LogP contribution in [-0.2, 0) is 34.2 Å². The lowest BCUT2D eigenvalue weighted by Gasteiger charge is -2.30. The number of aryl methyl sites for hydroxylation is 2. The van der Waals surface area contributed by atoms with Gasteiger partial charge in [-0.3, -0.25) is 4.79 Å². The molecule has 6 nitrogen and oxygen atoms in total. The number of benzene rings is 2. The molecule has 0 atom stereocenters. The van der Waals surface area contributed by atoms with Gasteiger partial charge in [0.2, 0.25) is 15.9 Å². The molecule has 2 aliphatic rings. The predicted molar refractivity (Wildman–Crippen MR) is 126 cm³/mol. The van der Waals surface area contributed by atoms with E-state index in [1.165, 1.54) is 21.9 Å². The molecule has 0 spiro atoms. The standard InChI is InChI=1S/C24H27N3O3S2/c28-24(25-16-23-26-21-7-3-4-8-22(21)31-23)18-11-13-27(14-12-18)32(29,30)20-10-9-17-5-1-2-6-19(17)15-20/h3-4,7-10,15,18H,1-2,5-6,11-14,16H2,(H,25,28). The predicted octanol–water partition coefficient (Wildman–Crippen LogP) is 3.89. The highest BCUT2D eigenvalue weighted by Gasteiger charge is 2.32. The maximum atomic E-state index is 13.2. The Bertz CT molecular complexity index is 1210. The van der Waals surface area contributed by atoms with E-state index in [0.29, 0.717) is 37.4 Å². The Morgan fingerprint density at radius 3 is 2.59 bits per heavy atom. The first kappa shape index (κ1) is 21.6. The number of rotatable bonds is 5. The van der Waals surface area contributed by atoms with E-state index < -0.39 is 10.0 Å². The van der Waals surface area contributed by atoms with Gasteiger partial charge in [0.05, 0.1) is 21.7 Å². The number of fused-ring (bicyclic) bond motifs is 2. The highest BCUT2D eigenvalue weighted by Crippen LogP contribution is 2.28. The van der Waals surface area contributed by atoms with Gasteiger partial charge < -0.3 is 5.32 Å². The Balaban J connectivity index is 1.18.